The van der Waals surface area contributed by atoms with Crippen LogP contribution in [0.15, 0.2) is 42.6 Å². The van der Waals surface area contributed by atoms with E-state index >= 15 is 0 Å². The van der Waals surface area contributed by atoms with Crippen LogP contribution in [0.4, 0.5) is 17.2 Å². The van der Waals surface area contributed by atoms with Gasteiger partial charge < -0.3 is 9.80 Å². The zero-order valence-electron chi connectivity index (χ0n) is 13.8. The Bertz CT molecular complexity index is 659. The van der Waals surface area contributed by atoms with E-state index in [0.29, 0.717) is 12.4 Å². The maximum Gasteiger partial charge on any atom is 0.312 e. The molecule has 0 aliphatic rings. The van der Waals surface area contributed by atoms with Crippen molar-refractivity contribution in [3.8, 4) is 0 Å². The first-order valence-electron chi connectivity index (χ1n) is 7.57. The van der Waals surface area contributed by atoms with Crippen molar-refractivity contribution < 1.29 is 4.92 Å². The highest BCUT2D eigenvalue weighted by Gasteiger charge is 2.22. The molecule has 1 heterocycles. The van der Waals surface area contributed by atoms with E-state index in [1.807, 2.05) is 56.3 Å². The number of nitrogens with zero attached hydrogens (tertiary/aromatic N) is 4. The van der Waals surface area contributed by atoms with Gasteiger partial charge in [0.25, 0.3) is 0 Å². The van der Waals surface area contributed by atoms with Crippen molar-refractivity contribution >= 4 is 17.2 Å². The van der Waals surface area contributed by atoms with Crippen molar-refractivity contribution in [3.63, 3.8) is 0 Å². The van der Waals surface area contributed by atoms with Gasteiger partial charge in [-0.2, -0.15) is 0 Å². The number of rotatable bonds is 7. The first-order valence-corrected chi connectivity index (χ1v) is 7.57. The van der Waals surface area contributed by atoms with Crippen LogP contribution in [0.3, 0.4) is 0 Å². The molecule has 0 spiro atoms. The molecule has 6 heteroatoms. The minimum absolute atomic E-state index is 0.0405. The van der Waals surface area contributed by atoms with Crippen LogP contribution in [0.25, 0.3) is 0 Å². The third kappa shape index (κ3) is 4.50. The lowest BCUT2D eigenvalue weighted by Gasteiger charge is -2.24. The number of hydrogen-bond donors (Lipinski definition) is 0. The number of aromatic nitrogens is 1. The van der Waals surface area contributed by atoms with E-state index in [1.165, 1.54) is 0 Å². The van der Waals surface area contributed by atoms with E-state index in [2.05, 4.69) is 9.88 Å². The lowest BCUT2D eigenvalue weighted by molar-refractivity contribution is -0.384. The summed E-state index contributed by atoms with van der Waals surface area (Å²) in [7, 11) is 4.03. The van der Waals surface area contributed by atoms with E-state index in [-0.39, 0.29) is 10.6 Å². The van der Waals surface area contributed by atoms with Gasteiger partial charge in [0.05, 0.1) is 4.92 Å². The lowest BCUT2D eigenvalue weighted by atomic mass is 10.2. The number of para-hydroxylation sites is 1. The van der Waals surface area contributed by atoms with Gasteiger partial charge >= 0.3 is 5.69 Å². The average Bonchev–Trinajstić information content (AvgIpc) is 2.52. The van der Waals surface area contributed by atoms with Gasteiger partial charge in [0.2, 0.25) is 5.82 Å². The fourth-order valence-corrected chi connectivity index (χ4v) is 2.40. The number of aryl methyl sites for hydroxylation is 1. The van der Waals surface area contributed by atoms with Gasteiger partial charge in [-0.15, -0.1) is 0 Å². The molecule has 2 rings (SSSR count). The Hall–Kier alpha value is -2.47. The van der Waals surface area contributed by atoms with Crippen molar-refractivity contribution in [2.24, 2.45) is 0 Å². The maximum atomic E-state index is 11.4. The molecule has 0 aliphatic heterocycles. The Balaban J connectivity index is 2.39. The number of anilines is 2. The summed E-state index contributed by atoms with van der Waals surface area (Å²) in [5, 5.41) is 11.4. The van der Waals surface area contributed by atoms with E-state index in [9.17, 15) is 10.1 Å². The molecule has 0 bridgehead atoms. The van der Waals surface area contributed by atoms with Crippen LogP contribution >= 0.6 is 0 Å². The molecule has 122 valence electrons. The Kier molecular flexibility index (Phi) is 5.65. The molecule has 0 N–H and O–H groups in total. The standard InChI is InChI=1S/C17H22N4O2/c1-14-12-16(21(22)23)17(18-13-14)20(11-7-10-19(2)3)15-8-5-4-6-9-15/h4-6,8-9,12-13H,7,10-11H2,1-3H3. The molecule has 0 atom stereocenters. The van der Waals surface area contributed by atoms with Gasteiger partial charge in [0.1, 0.15) is 0 Å². The van der Waals surface area contributed by atoms with Crippen LogP contribution in [0.2, 0.25) is 0 Å². The second-order valence-corrected chi connectivity index (χ2v) is 5.76. The van der Waals surface area contributed by atoms with Crippen LogP contribution in [0, 0.1) is 17.0 Å². The molecule has 0 amide bonds. The zero-order chi connectivity index (χ0) is 16.8. The first kappa shape index (κ1) is 16.9. The summed E-state index contributed by atoms with van der Waals surface area (Å²) in [5.41, 5.74) is 1.73. The average molecular weight is 314 g/mol. The molecular formula is C17H22N4O2. The Morgan fingerprint density at radius 3 is 2.48 bits per heavy atom. The van der Waals surface area contributed by atoms with Crippen molar-refractivity contribution in [2.45, 2.75) is 13.3 Å². The van der Waals surface area contributed by atoms with Crippen molar-refractivity contribution in [3.05, 3.63) is 58.3 Å². The molecule has 0 fully saturated rings. The van der Waals surface area contributed by atoms with Crippen LogP contribution in [-0.4, -0.2) is 42.0 Å². The van der Waals surface area contributed by atoms with Crippen molar-refractivity contribution in [1.82, 2.24) is 9.88 Å². The van der Waals surface area contributed by atoms with Gasteiger partial charge in [-0.3, -0.25) is 10.1 Å². The Labute approximate surface area is 136 Å². The zero-order valence-corrected chi connectivity index (χ0v) is 13.8. The highest BCUT2D eigenvalue weighted by molar-refractivity contribution is 5.68. The normalized spacial score (nSPS) is 10.8. The molecule has 0 aliphatic carbocycles. The molecule has 0 saturated carbocycles. The summed E-state index contributed by atoms with van der Waals surface area (Å²) in [6.45, 7) is 3.38. The second-order valence-electron chi connectivity index (χ2n) is 5.76. The highest BCUT2D eigenvalue weighted by atomic mass is 16.6. The van der Waals surface area contributed by atoms with Crippen molar-refractivity contribution in [2.75, 3.05) is 32.1 Å². The predicted octanol–water partition coefficient (Wildman–Crippen LogP) is 3.39. The molecule has 1 aromatic heterocycles. The molecular weight excluding hydrogens is 292 g/mol. The molecule has 0 unspecified atom stereocenters. The van der Waals surface area contributed by atoms with Gasteiger partial charge in [0, 0.05) is 24.5 Å². The number of pyridine rings is 1. The van der Waals surface area contributed by atoms with Crippen LogP contribution in [0.1, 0.15) is 12.0 Å². The molecule has 2 aromatic rings. The number of nitro groups is 1. The second kappa shape index (κ2) is 7.69. The third-order valence-corrected chi connectivity index (χ3v) is 3.49. The highest BCUT2D eigenvalue weighted by Crippen LogP contribution is 2.32. The molecule has 0 saturated heterocycles. The van der Waals surface area contributed by atoms with Gasteiger partial charge in [0.15, 0.2) is 0 Å². The van der Waals surface area contributed by atoms with E-state index in [0.717, 1.165) is 24.2 Å². The minimum atomic E-state index is -0.364. The predicted molar refractivity (Wildman–Crippen MR) is 92.2 cm³/mol. The molecule has 1 aromatic carbocycles. The van der Waals surface area contributed by atoms with E-state index in [4.69, 9.17) is 0 Å². The minimum Gasteiger partial charge on any atom is -0.321 e. The van der Waals surface area contributed by atoms with Gasteiger partial charge in [-0.1, -0.05) is 18.2 Å². The first-order chi connectivity index (χ1) is 11.0. The van der Waals surface area contributed by atoms with Crippen LogP contribution < -0.4 is 4.90 Å². The van der Waals surface area contributed by atoms with E-state index < -0.39 is 0 Å². The van der Waals surface area contributed by atoms with Crippen molar-refractivity contribution in [1.29, 1.82) is 0 Å². The largest absolute Gasteiger partial charge is 0.321 e. The fourth-order valence-electron chi connectivity index (χ4n) is 2.40. The SMILES string of the molecule is Cc1cnc(N(CCCN(C)C)c2ccccc2)c([N+](=O)[O-])c1. The third-order valence-electron chi connectivity index (χ3n) is 3.49. The summed E-state index contributed by atoms with van der Waals surface area (Å²) in [6, 6.07) is 11.2. The smallest absolute Gasteiger partial charge is 0.312 e. The quantitative estimate of drug-likeness (QED) is 0.579. The molecule has 0 radical (unpaired) electrons. The number of benzene rings is 1. The van der Waals surface area contributed by atoms with Gasteiger partial charge in [-0.25, -0.2) is 4.98 Å². The summed E-state index contributed by atoms with van der Waals surface area (Å²) in [6.07, 6.45) is 2.55. The maximum absolute atomic E-state index is 11.4. The summed E-state index contributed by atoms with van der Waals surface area (Å²) < 4.78 is 0. The summed E-state index contributed by atoms with van der Waals surface area (Å²) in [4.78, 5) is 19.4. The lowest BCUT2D eigenvalue weighted by Crippen LogP contribution is -2.24. The Morgan fingerprint density at radius 1 is 1.17 bits per heavy atom. The summed E-state index contributed by atoms with van der Waals surface area (Å²) >= 11 is 0. The van der Waals surface area contributed by atoms with E-state index in [1.54, 1.807) is 12.3 Å². The Morgan fingerprint density at radius 2 is 1.87 bits per heavy atom. The monoisotopic (exact) mass is 314 g/mol. The number of hydrogen-bond acceptors (Lipinski definition) is 5. The van der Waals surface area contributed by atoms with Gasteiger partial charge in [-0.05, 0) is 51.7 Å². The molecule has 6 nitrogen and oxygen atoms in total. The summed E-state index contributed by atoms with van der Waals surface area (Å²) in [5.74, 6) is 0.394. The molecule has 23 heavy (non-hydrogen) atoms. The fraction of sp³-hybridized carbons (Fsp3) is 0.353. The van der Waals surface area contributed by atoms with Crippen LogP contribution in [0.5, 0.6) is 0 Å². The van der Waals surface area contributed by atoms with Crippen LogP contribution in [-0.2, 0) is 0 Å². The topological polar surface area (TPSA) is 62.5 Å².